The second kappa shape index (κ2) is 14.8. The molecule has 9 nitrogen and oxygen atoms in total. The maximum absolute atomic E-state index is 5.58. The van der Waals surface area contributed by atoms with E-state index in [-0.39, 0.29) is 0 Å². The number of nitrogens with one attached hydrogen (secondary N) is 2. The highest BCUT2D eigenvalue weighted by atomic mass is 16.5. The zero-order valence-corrected chi connectivity index (χ0v) is 19.8. The first-order valence-corrected chi connectivity index (χ1v) is 11.6. The van der Waals surface area contributed by atoms with Gasteiger partial charge in [0.05, 0.1) is 26.4 Å². The molecule has 0 amide bonds. The van der Waals surface area contributed by atoms with Gasteiger partial charge in [-0.25, -0.2) is 0 Å². The van der Waals surface area contributed by atoms with Crippen LogP contribution in [0, 0.1) is 0 Å². The van der Waals surface area contributed by atoms with E-state index in [2.05, 4.69) is 49.9 Å². The van der Waals surface area contributed by atoms with E-state index in [9.17, 15) is 0 Å². The molecule has 0 bridgehead atoms. The summed E-state index contributed by atoms with van der Waals surface area (Å²) in [7, 11) is 1.98. The second-order valence-corrected chi connectivity index (χ2v) is 7.73. The number of hydrogen-bond acceptors (Lipinski definition) is 9. The third-order valence-electron chi connectivity index (χ3n) is 4.93. The quantitative estimate of drug-likeness (QED) is 0.275. The number of rotatable bonds is 16. The molecule has 0 aliphatic carbocycles. The Bertz CT molecular complexity index is 945. The molecule has 1 heterocycles. The van der Waals surface area contributed by atoms with Crippen molar-refractivity contribution in [3.05, 3.63) is 71.8 Å². The molecule has 3 aromatic rings. The van der Waals surface area contributed by atoms with E-state index in [0.29, 0.717) is 63.9 Å². The number of ether oxygens (including phenoxy) is 2. The van der Waals surface area contributed by atoms with Gasteiger partial charge in [0.25, 0.3) is 0 Å². The molecule has 0 saturated heterocycles. The fourth-order valence-corrected chi connectivity index (χ4v) is 3.23. The fraction of sp³-hybridized carbons (Fsp3) is 0.400. The summed E-state index contributed by atoms with van der Waals surface area (Å²) in [6.45, 7) is 4.63. The Morgan fingerprint density at radius 3 is 1.97 bits per heavy atom. The van der Waals surface area contributed by atoms with Gasteiger partial charge in [-0.05, 0) is 17.5 Å². The highest BCUT2D eigenvalue weighted by molar-refractivity contribution is 5.44. The van der Waals surface area contributed by atoms with Crippen LogP contribution in [-0.4, -0.2) is 68.1 Å². The van der Waals surface area contributed by atoms with Crippen molar-refractivity contribution < 1.29 is 9.47 Å². The molecule has 0 atom stereocenters. The molecule has 4 N–H and O–H groups in total. The van der Waals surface area contributed by atoms with E-state index in [0.717, 1.165) is 13.0 Å². The largest absolute Gasteiger partial charge is 0.378 e. The smallest absolute Gasteiger partial charge is 0.231 e. The summed E-state index contributed by atoms with van der Waals surface area (Å²) in [6, 6.07) is 20.6. The van der Waals surface area contributed by atoms with Gasteiger partial charge in [-0.2, -0.15) is 15.0 Å². The molecule has 34 heavy (non-hydrogen) atoms. The van der Waals surface area contributed by atoms with Crippen LogP contribution >= 0.6 is 0 Å². The van der Waals surface area contributed by atoms with E-state index in [1.165, 1.54) is 11.1 Å². The van der Waals surface area contributed by atoms with E-state index < -0.39 is 0 Å². The van der Waals surface area contributed by atoms with E-state index in [1.54, 1.807) is 0 Å². The monoisotopic (exact) mass is 465 g/mol. The number of benzene rings is 2. The summed E-state index contributed by atoms with van der Waals surface area (Å²) in [5, 5.41) is 6.58. The Kier molecular flexibility index (Phi) is 11.0. The van der Waals surface area contributed by atoms with Crippen molar-refractivity contribution >= 4 is 17.8 Å². The lowest BCUT2D eigenvalue weighted by molar-refractivity contribution is 0.0547. The molecular formula is C25H35N7O2. The third-order valence-corrected chi connectivity index (χ3v) is 4.93. The minimum Gasteiger partial charge on any atom is -0.378 e. The second-order valence-electron chi connectivity index (χ2n) is 7.73. The molecule has 182 valence electrons. The van der Waals surface area contributed by atoms with Crippen LogP contribution in [0.1, 0.15) is 11.1 Å². The third kappa shape index (κ3) is 9.30. The van der Waals surface area contributed by atoms with Gasteiger partial charge >= 0.3 is 0 Å². The average Bonchev–Trinajstić information content (AvgIpc) is 2.87. The number of nitrogens with zero attached hydrogens (tertiary/aromatic N) is 4. The molecule has 0 fully saturated rings. The summed E-state index contributed by atoms with van der Waals surface area (Å²) >= 11 is 0. The maximum atomic E-state index is 5.58. The standard InChI is InChI=1S/C25H35N7O2/c1-32(20-22-10-6-3-7-11-22)25-30-23(27-14-12-21-8-4-2-5-9-21)29-24(31-25)28-15-17-34-19-18-33-16-13-26/h2-11H,12-20,26H2,1H3,(H2,27,28,29,30,31). The number of aromatic nitrogens is 3. The van der Waals surface area contributed by atoms with Crippen LogP contribution in [0.25, 0.3) is 0 Å². The van der Waals surface area contributed by atoms with Crippen LogP contribution in [0.3, 0.4) is 0 Å². The average molecular weight is 466 g/mol. The number of anilines is 3. The molecular weight excluding hydrogens is 430 g/mol. The van der Waals surface area contributed by atoms with Crippen LogP contribution in [0.2, 0.25) is 0 Å². The van der Waals surface area contributed by atoms with Crippen molar-refractivity contribution in [1.29, 1.82) is 0 Å². The molecule has 0 spiro atoms. The Labute approximate surface area is 201 Å². The minimum atomic E-state index is 0.509. The van der Waals surface area contributed by atoms with Gasteiger partial charge in [0, 0.05) is 33.2 Å². The first-order valence-electron chi connectivity index (χ1n) is 11.6. The highest BCUT2D eigenvalue weighted by Gasteiger charge is 2.11. The van der Waals surface area contributed by atoms with Gasteiger partial charge < -0.3 is 30.7 Å². The Balaban J connectivity index is 1.58. The van der Waals surface area contributed by atoms with E-state index >= 15 is 0 Å². The molecule has 2 aromatic carbocycles. The van der Waals surface area contributed by atoms with Crippen LogP contribution < -0.4 is 21.3 Å². The molecule has 3 rings (SSSR count). The van der Waals surface area contributed by atoms with Crippen LogP contribution in [0.5, 0.6) is 0 Å². The lowest BCUT2D eigenvalue weighted by atomic mass is 10.1. The van der Waals surface area contributed by atoms with Gasteiger partial charge in [0.2, 0.25) is 17.8 Å². The number of hydrogen-bond donors (Lipinski definition) is 3. The predicted octanol–water partition coefficient (Wildman–Crippen LogP) is 2.57. The van der Waals surface area contributed by atoms with Gasteiger partial charge in [-0.3, -0.25) is 0 Å². The summed E-state index contributed by atoms with van der Waals surface area (Å²) in [5.74, 6) is 1.65. The van der Waals surface area contributed by atoms with Crippen molar-refractivity contribution in [3.8, 4) is 0 Å². The van der Waals surface area contributed by atoms with Gasteiger partial charge in [0.15, 0.2) is 0 Å². The van der Waals surface area contributed by atoms with Crippen molar-refractivity contribution in [3.63, 3.8) is 0 Å². The zero-order valence-electron chi connectivity index (χ0n) is 19.8. The lowest BCUT2D eigenvalue weighted by Gasteiger charge is -2.19. The first kappa shape index (κ1) is 25.4. The molecule has 9 heteroatoms. The number of nitrogens with two attached hydrogens (primary N) is 1. The molecule has 0 radical (unpaired) electrons. The molecule has 0 saturated carbocycles. The molecule has 0 unspecified atom stereocenters. The van der Waals surface area contributed by atoms with Crippen molar-refractivity contribution in [2.24, 2.45) is 5.73 Å². The summed E-state index contributed by atoms with van der Waals surface area (Å²) in [4.78, 5) is 15.8. The van der Waals surface area contributed by atoms with E-state index in [1.807, 2.05) is 48.3 Å². The van der Waals surface area contributed by atoms with Crippen molar-refractivity contribution in [1.82, 2.24) is 15.0 Å². The van der Waals surface area contributed by atoms with Gasteiger partial charge in [0.1, 0.15) is 0 Å². The predicted molar refractivity (Wildman–Crippen MR) is 136 cm³/mol. The highest BCUT2D eigenvalue weighted by Crippen LogP contribution is 2.15. The summed E-state index contributed by atoms with van der Waals surface area (Å²) < 4.78 is 10.9. The minimum absolute atomic E-state index is 0.509. The first-order chi connectivity index (χ1) is 16.7. The van der Waals surface area contributed by atoms with Gasteiger partial charge in [-0.15, -0.1) is 0 Å². The SMILES string of the molecule is CN(Cc1ccccc1)c1nc(NCCOCCOCCN)nc(NCCc2ccccc2)n1. The lowest BCUT2D eigenvalue weighted by Crippen LogP contribution is -2.22. The molecule has 0 aliphatic rings. The fourth-order valence-electron chi connectivity index (χ4n) is 3.23. The van der Waals surface area contributed by atoms with Crippen LogP contribution in [0.4, 0.5) is 17.8 Å². The molecule has 1 aromatic heterocycles. The van der Waals surface area contributed by atoms with Gasteiger partial charge in [-0.1, -0.05) is 60.7 Å². The summed E-state index contributed by atoms with van der Waals surface area (Å²) in [6.07, 6.45) is 0.880. The Morgan fingerprint density at radius 2 is 1.32 bits per heavy atom. The van der Waals surface area contributed by atoms with Crippen LogP contribution in [0.15, 0.2) is 60.7 Å². The van der Waals surface area contributed by atoms with Crippen molar-refractivity contribution in [2.75, 3.05) is 68.6 Å². The normalized spacial score (nSPS) is 10.8. The van der Waals surface area contributed by atoms with E-state index in [4.69, 9.17) is 15.2 Å². The maximum Gasteiger partial charge on any atom is 0.231 e. The zero-order chi connectivity index (χ0) is 23.8. The summed E-state index contributed by atoms with van der Waals surface area (Å²) in [5.41, 5.74) is 7.85. The van der Waals surface area contributed by atoms with Crippen molar-refractivity contribution in [2.45, 2.75) is 13.0 Å². The molecule has 0 aliphatic heterocycles. The van der Waals surface area contributed by atoms with Crippen LogP contribution in [-0.2, 0) is 22.4 Å². The topological polar surface area (TPSA) is 110 Å². The Morgan fingerprint density at radius 1 is 0.735 bits per heavy atom. The Hall–Kier alpha value is -3.27.